The summed E-state index contributed by atoms with van der Waals surface area (Å²) in [6.45, 7) is 7.52. The van der Waals surface area contributed by atoms with Gasteiger partial charge in [-0.05, 0) is 24.4 Å². The molecule has 0 amide bonds. The van der Waals surface area contributed by atoms with Crippen LogP contribution in [0.2, 0.25) is 0 Å². The van der Waals surface area contributed by atoms with Gasteiger partial charge in [-0.3, -0.25) is 4.72 Å². The molecule has 2 rings (SSSR count). The van der Waals surface area contributed by atoms with Crippen LogP contribution in [0.3, 0.4) is 0 Å². The zero-order valence-electron chi connectivity index (χ0n) is 12.5. The monoisotopic (exact) mass is 327 g/mol. The molecule has 7 heteroatoms. The normalized spacial score (nSPS) is 12.0. The molecule has 116 valence electrons. The predicted molar refractivity (Wildman–Crippen MR) is 87.2 cm³/mol. The van der Waals surface area contributed by atoms with E-state index in [1.807, 2.05) is 16.9 Å². The third-order valence-corrected chi connectivity index (χ3v) is 5.11. The van der Waals surface area contributed by atoms with Gasteiger partial charge in [-0.2, -0.15) is 11.3 Å². The molecule has 2 heterocycles. The number of sulfonamides is 1. The van der Waals surface area contributed by atoms with Crippen molar-refractivity contribution in [2.45, 2.75) is 44.8 Å². The van der Waals surface area contributed by atoms with Crippen LogP contribution in [0.5, 0.6) is 0 Å². The Kier molecular flexibility index (Phi) is 5.08. The summed E-state index contributed by atoms with van der Waals surface area (Å²) in [5.41, 5.74) is 1.57. The average Bonchev–Trinajstić information content (AvgIpc) is 3.04. The van der Waals surface area contributed by atoms with E-state index in [4.69, 9.17) is 0 Å². The van der Waals surface area contributed by atoms with Crippen molar-refractivity contribution < 1.29 is 8.42 Å². The van der Waals surface area contributed by atoms with Crippen molar-refractivity contribution in [2.75, 3.05) is 4.72 Å². The number of hydrogen-bond acceptors (Lipinski definition) is 4. The summed E-state index contributed by atoms with van der Waals surface area (Å²) in [5, 5.41) is 6.93. The third-order valence-electron chi connectivity index (χ3n) is 3.08. The molecule has 0 spiro atoms. The fraction of sp³-hybridized carbons (Fsp3) is 0.429. The molecule has 0 radical (unpaired) electrons. The highest BCUT2D eigenvalue weighted by Gasteiger charge is 2.18. The summed E-state index contributed by atoms with van der Waals surface area (Å²) in [6, 6.07) is 3.84. The lowest BCUT2D eigenvalue weighted by molar-refractivity contribution is 0.561. The van der Waals surface area contributed by atoms with Crippen LogP contribution in [0.25, 0.3) is 0 Å². The van der Waals surface area contributed by atoms with E-state index >= 15 is 0 Å². The maximum Gasteiger partial charge on any atom is 0.263 e. The van der Waals surface area contributed by atoms with Gasteiger partial charge in [-0.15, -0.1) is 0 Å². The number of anilines is 1. The Bertz CT molecular complexity index is 673. The molecular formula is C14H21N3O2S2. The van der Waals surface area contributed by atoms with Crippen molar-refractivity contribution in [3.05, 3.63) is 34.8 Å². The van der Waals surface area contributed by atoms with Gasteiger partial charge in [0.2, 0.25) is 0 Å². The summed E-state index contributed by atoms with van der Waals surface area (Å²) in [6.07, 6.45) is 1.69. The Morgan fingerprint density at radius 2 is 2.14 bits per heavy atom. The minimum Gasteiger partial charge on any atom is -0.349 e. The standard InChI is InChI=1S/C14H21N3O2S2/c1-4-17-9-14(7-13(17)8-15-11(2)3)21(18,19)16-12-5-6-20-10-12/h5-7,9-11,15-16H,4,8H2,1-3H3. The van der Waals surface area contributed by atoms with Crippen LogP contribution in [0.15, 0.2) is 34.0 Å². The van der Waals surface area contributed by atoms with Crippen LogP contribution in [0, 0.1) is 0 Å². The lowest BCUT2D eigenvalue weighted by atomic mass is 10.3. The highest BCUT2D eigenvalue weighted by molar-refractivity contribution is 7.92. The molecule has 0 aliphatic rings. The van der Waals surface area contributed by atoms with Crippen molar-refractivity contribution in [3.63, 3.8) is 0 Å². The fourth-order valence-corrected chi connectivity index (χ4v) is 3.73. The van der Waals surface area contributed by atoms with E-state index < -0.39 is 10.0 Å². The number of hydrogen-bond donors (Lipinski definition) is 2. The second kappa shape index (κ2) is 6.64. The first-order valence-corrected chi connectivity index (χ1v) is 9.32. The van der Waals surface area contributed by atoms with Gasteiger partial charge in [0.15, 0.2) is 0 Å². The molecule has 2 aromatic heterocycles. The molecule has 0 unspecified atom stereocenters. The second-order valence-electron chi connectivity index (χ2n) is 5.11. The van der Waals surface area contributed by atoms with Crippen molar-refractivity contribution in [1.29, 1.82) is 0 Å². The highest BCUT2D eigenvalue weighted by atomic mass is 32.2. The molecule has 0 bridgehead atoms. The van der Waals surface area contributed by atoms with Crippen LogP contribution in [0.1, 0.15) is 26.5 Å². The van der Waals surface area contributed by atoms with Crippen LogP contribution in [-0.2, 0) is 23.1 Å². The van der Waals surface area contributed by atoms with E-state index in [1.54, 1.807) is 23.7 Å². The Labute approximate surface area is 130 Å². The molecule has 0 saturated carbocycles. The second-order valence-corrected chi connectivity index (χ2v) is 7.57. The Balaban J connectivity index is 2.23. The number of nitrogens with one attached hydrogen (secondary N) is 2. The summed E-state index contributed by atoms with van der Waals surface area (Å²) >= 11 is 1.46. The first kappa shape index (κ1) is 16.1. The Morgan fingerprint density at radius 1 is 1.38 bits per heavy atom. The quantitative estimate of drug-likeness (QED) is 0.822. The van der Waals surface area contributed by atoms with Gasteiger partial charge in [0.25, 0.3) is 10.0 Å². The van der Waals surface area contributed by atoms with E-state index in [0.29, 0.717) is 23.2 Å². The lowest BCUT2D eigenvalue weighted by Gasteiger charge is -2.09. The lowest BCUT2D eigenvalue weighted by Crippen LogP contribution is -2.23. The number of rotatable bonds is 7. The van der Waals surface area contributed by atoms with Crippen LogP contribution >= 0.6 is 11.3 Å². The molecule has 0 atom stereocenters. The highest BCUT2D eigenvalue weighted by Crippen LogP contribution is 2.20. The molecule has 0 aromatic carbocycles. The molecule has 0 aliphatic heterocycles. The van der Waals surface area contributed by atoms with E-state index in [-0.39, 0.29) is 0 Å². The Morgan fingerprint density at radius 3 is 2.71 bits per heavy atom. The van der Waals surface area contributed by atoms with Gasteiger partial charge < -0.3 is 9.88 Å². The van der Waals surface area contributed by atoms with Gasteiger partial charge in [-0.25, -0.2) is 8.42 Å². The topological polar surface area (TPSA) is 63.1 Å². The fourth-order valence-electron chi connectivity index (χ4n) is 1.96. The molecular weight excluding hydrogens is 306 g/mol. The van der Waals surface area contributed by atoms with Crippen LogP contribution in [0.4, 0.5) is 5.69 Å². The minimum absolute atomic E-state index is 0.302. The SMILES string of the molecule is CCn1cc(S(=O)(=O)Nc2ccsc2)cc1CNC(C)C. The third kappa shape index (κ3) is 4.09. The smallest absolute Gasteiger partial charge is 0.263 e. The molecule has 0 aliphatic carbocycles. The van der Waals surface area contributed by atoms with Gasteiger partial charge in [0, 0.05) is 36.4 Å². The molecule has 21 heavy (non-hydrogen) atoms. The minimum atomic E-state index is -3.53. The molecule has 5 nitrogen and oxygen atoms in total. The summed E-state index contributed by atoms with van der Waals surface area (Å²) in [7, 11) is -3.53. The number of nitrogens with zero attached hydrogens (tertiary/aromatic N) is 1. The maximum atomic E-state index is 12.4. The number of thiophene rings is 1. The van der Waals surface area contributed by atoms with Gasteiger partial charge >= 0.3 is 0 Å². The van der Waals surface area contributed by atoms with Crippen molar-refractivity contribution in [2.24, 2.45) is 0 Å². The summed E-state index contributed by atoms with van der Waals surface area (Å²) in [5.74, 6) is 0. The largest absolute Gasteiger partial charge is 0.349 e. The van der Waals surface area contributed by atoms with Crippen molar-refractivity contribution in [1.82, 2.24) is 9.88 Å². The van der Waals surface area contributed by atoms with Crippen molar-refractivity contribution >= 4 is 27.0 Å². The van der Waals surface area contributed by atoms with Crippen LogP contribution in [-0.4, -0.2) is 19.0 Å². The zero-order chi connectivity index (χ0) is 15.5. The number of aromatic nitrogens is 1. The maximum absolute atomic E-state index is 12.4. The predicted octanol–water partition coefficient (Wildman–Crippen LogP) is 2.87. The van der Waals surface area contributed by atoms with E-state index in [9.17, 15) is 8.42 Å². The molecule has 0 fully saturated rings. The van der Waals surface area contributed by atoms with E-state index in [0.717, 1.165) is 12.2 Å². The van der Waals surface area contributed by atoms with Crippen LogP contribution < -0.4 is 10.0 Å². The number of aryl methyl sites for hydroxylation is 1. The molecule has 2 N–H and O–H groups in total. The van der Waals surface area contributed by atoms with Gasteiger partial charge in [-0.1, -0.05) is 13.8 Å². The first-order chi connectivity index (χ1) is 9.92. The molecule has 2 aromatic rings. The zero-order valence-corrected chi connectivity index (χ0v) is 14.1. The summed E-state index contributed by atoms with van der Waals surface area (Å²) in [4.78, 5) is 0.302. The molecule has 0 saturated heterocycles. The summed E-state index contributed by atoms with van der Waals surface area (Å²) < 4.78 is 29.3. The first-order valence-electron chi connectivity index (χ1n) is 6.90. The van der Waals surface area contributed by atoms with E-state index in [2.05, 4.69) is 23.9 Å². The Hall–Kier alpha value is -1.31. The average molecular weight is 327 g/mol. The van der Waals surface area contributed by atoms with Crippen molar-refractivity contribution in [3.8, 4) is 0 Å². The van der Waals surface area contributed by atoms with Gasteiger partial charge in [0.05, 0.1) is 5.69 Å². The van der Waals surface area contributed by atoms with Gasteiger partial charge in [0.1, 0.15) is 4.90 Å². The van der Waals surface area contributed by atoms with E-state index in [1.165, 1.54) is 11.3 Å².